The minimum Gasteiger partial charge on any atom is -0.495 e. The molecule has 0 spiro atoms. The van der Waals surface area contributed by atoms with Crippen molar-refractivity contribution in [2.45, 2.75) is 23.8 Å². The summed E-state index contributed by atoms with van der Waals surface area (Å²) in [6, 6.07) is 7.82. The number of benzene rings is 1. The maximum Gasteiger partial charge on any atom is 0.244 e. The van der Waals surface area contributed by atoms with Crippen LogP contribution in [-0.2, 0) is 14.8 Å². The third-order valence-electron chi connectivity index (χ3n) is 4.48. The Labute approximate surface area is 158 Å². The van der Waals surface area contributed by atoms with Crippen LogP contribution in [0.25, 0.3) is 0 Å². The summed E-state index contributed by atoms with van der Waals surface area (Å²) in [5, 5.41) is 0.329. The fraction of sp³-hybridized carbons (Fsp3) is 0.389. The molecule has 0 radical (unpaired) electrons. The van der Waals surface area contributed by atoms with E-state index in [9.17, 15) is 8.42 Å². The van der Waals surface area contributed by atoms with Gasteiger partial charge in [-0.05, 0) is 48.6 Å². The van der Waals surface area contributed by atoms with Crippen molar-refractivity contribution < 1.29 is 17.9 Å². The van der Waals surface area contributed by atoms with Crippen LogP contribution in [0.4, 0.5) is 0 Å². The van der Waals surface area contributed by atoms with Crippen LogP contribution in [0, 0.1) is 5.92 Å². The first-order valence-corrected chi connectivity index (χ1v) is 10.2. The van der Waals surface area contributed by atoms with Gasteiger partial charge in [-0.25, -0.2) is 13.1 Å². The highest BCUT2D eigenvalue weighted by Crippen LogP contribution is 2.33. The molecule has 2 heterocycles. The van der Waals surface area contributed by atoms with Gasteiger partial charge in [-0.15, -0.1) is 0 Å². The second kappa shape index (κ2) is 8.35. The molecule has 0 unspecified atom stereocenters. The van der Waals surface area contributed by atoms with Crippen LogP contribution in [0.15, 0.2) is 47.6 Å². The van der Waals surface area contributed by atoms with Gasteiger partial charge in [0, 0.05) is 30.6 Å². The van der Waals surface area contributed by atoms with E-state index in [1.807, 2.05) is 6.07 Å². The summed E-state index contributed by atoms with van der Waals surface area (Å²) in [6.45, 7) is 1.23. The van der Waals surface area contributed by atoms with E-state index in [0.29, 0.717) is 18.2 Å². The quantitative estimate of drug-likeness (QED) is 0.811. The third kappa shape index (κ3) is 4.35. The van der Waals surface area contributed by atoms with Gasteiger partial charge in [0.2, 0.25) is 10.0 Å². The van der Waals surface area contributed by atoms with Crippen molar-refractivity contribution in [3.8, 4) is 5.75 Å². The van der Waals surface area contributed by atoms with E-state index in [1.54, 1.807) is 30.6 Å². The molecule has 0 bridgehead atoms. The van der Waals surface area contributed by atoms with Gasteiger partial charge in [-0.3, -0.25) is 4.98 Å². The lowest BCUT2D eigenvalue weighted by Gasteiger charge is -2.31. The van der Waals surface area contributed by atoms with Gasteiger partial charge >= 0.3 is 0 Å². The van der Waals surface area contributed by atoms with Crippen LogP contribution < -0.4 is 9.46 Å². The summed E-state index contributed by atoms with van der Waals surface area (Å²) in [5.74, 6) is 0.367. The topological polar surface area (TPSA) is 77.5 Å². The zero-order valence-corrected chi connectivity index (χ0v) is 16.0. The zero-order chi connectivity index (χ0) is 18.6. The van der Waals surface area contributed by atoms with Crippen LogP contribution in [0.1, 0.15) is 24.4 Å². The maximum absolute atomic E-state index is 13.1. The normalized spacial score (nSPS) is 17.0. The molecule has 6 nitrogen and oxygen atoms in total. The Morgan fingerprint density at radius 2 is 2.08 bits per heavy atom. The predicted octanol–water partition coefficient (Wildman–Crippen LogP) is 3.19. The van der Waals surface area contributed by atoms with Crippen molar-refractivity contribution >= 4 is 21.6 Å². The van der Waals surface area contributed by atoms with E-state index in [2.05, 4.69) is 9.71 Å². The molecule has 8 heteroatoms. The van der Waals surface area contributed by atoms with Gasteiger partial charge in [0.05, 0.1) is 13.2 Å². The van der Waals surface area contributed by atoms with Crippen molar-refractivity contribution in [1.82, 2.24) is 9.71 Å². The number of nitrogens with zero attached hydrogens (tertiary/aromatic N) is 1. The lowest BCUT2D eigenvalue weighted by Crippen LogP contribution is -2.36. The molecule has 1 aliphatic heterocycles. The molecule has 3 rings (SSSR count). The Morgan fingerprint density at radius 1 is 1.31 bits per heavy atom. The number of aromatic nitrogens is 1. The Kier molecular flexibility index (Phi) is 6.13. The maximum atomic E-state index is 13.1. The van der Waals surface area contributed by atoms with Gasteiger partial charge in [0.15, 0.2) is 0 Å². The van der Waals surface area contributed by atoms with Gasteiger partial charge in [0.25, 0.3) is 0 Å². The third-order valence-corrected chi connectivity index (χ3v) is 6.18. The first-order valence-electron chi connectivity index (χ1n) is 8.35. The van der Waals surface area contributed by atoms with Gasteiger partial charge in [-0.2, -0.15) is 0 Å². The van der Waals surface area contributed by atoms with Crippen molar-refractivity contribution in [1.29, 1.82) is 0 Å². The van der Waals surface area contributed by atoms with E-state index in [0.717, 1.165) is 18.4 Å². The molecule has 1 aliphatic rings. The average molecular weight is 397 g/mol. The molecule has 0 saturated carbocycles. The molecule has 1 fully saturated rings. The van der Waals surface area contributed by atoms with Crippen molar-refractivity contribution in [3.63, 3.8) is 0 Å². The molecule has 1 N–H and O–H groups in total. The van der Waals surface area contributed by atoms with Crippen molar-refractivity contribution in [3.05, 3.63) is 53.3 Å². The Morgan fingerprint density at radius 3 is 2.73 bits per heavy atom. The predicted molar refractivity (Wildman–Crippen MR) is 98.8 cm³/mol. The first kappa shape index (κ1) is 19.1. The van der Waals surface area contributed by atoms with Crippen molar-refractivity contribution in [2.24, 2.45) is 5.92 Å². The lowest BCUT2D eigenvalue weighted by atomic mass is 9.88. The second-order valence-corrected chi connectivity index (χ2v) is 8.25. The lowest BCUT2D eigenvalue weighted by molar-refractivity contribution is 0.0564. The van der Waals surface area contributed by atoms with Gasteiger partial charge in [0.1, 0.15) is 10.6 Å². The number of ether oxygens (including phenoxy) is 2. The summed E-state index contributed by atoms with van der Waals surface area (Å²) in [5.41, 5.74) is 0.823. The van der Waals surface area contributed by atoms with Crippen LogP contribution in [-0.4, -0.2) is 33.7 Å². The summed E-state index contributed by atoms with van der Waals surface area (Å²) >= 11 is 6.01. The molecular formula is C18H21ClN2O4S. The molecule has 1 saturated heterocycles. The zero-order valence-electron chi connectivity index (χ0n) is 14.4. The molecule has 1 aromatic heterocycles. The number of rotatable bonds is 6. The number of nitrogens with one attached hydrogen (secondary N) is 1. The molecule has 1 atom stereocenters. The standard InChI is InChI=1S/C18H21ClN2O4S/c1-24-16-5-4-15(19)11-17(16)26(22,23)21-18(13-6-9-25-10-7-13)14-3-2-8-20-12-14/h2-5,8,11-13,18,21H,6-7,9-10H2,1H3/t18-/m1/s1. The van der Waals surface area contributed by atoms with E-state index in [1.165, 1.54) is 13.2 Å². The minimum absolute atomic E-state index is 0.0217. The molecule has 1 aromatic carbocycles. The highest BCUT2D eigenvalue weighted by atomic mass is 35.5. The largest absolute Gasteiger partial charge is 0.495 e. The number of hydrogen-bond donors (Lipinski definition) is 1. The number of halogens is 1. The van der Waals surface area contributed by atoms with E-state index in [4.69, 9.17) is 21.1 Å². The fourth-order valence-corrected chi connectivity index (χ4v) is 4.86. The van der Waals surface area contributed by atoms with Gasteiger partial charge < -0.3 is 9.47 Å². The molecule has 0 amide bonds. The van der Waals surface area contributed by atoms with E-state index in [-0.39, 0.29) is 16.6 Å². The Bertz CT molecular complexity index is 840. The average Bonchev–Trinajstić information content (AvgIpc) is 2.67. The number of sulfonamides is 1. The Hall–Kier alpha value is -1.67. The fourth-order valence-electron chi connectivity index (χ4n) is 3.14. The number of hydrogen-bond acceptors (Lipinski definition) is 5. The molecule has 26 heavy (non-hydrogen) atoms. The summed E-state index contributed by atoms with van der Waals surface area (Å²) in [6.07, 6.45) is 4.90. The second-order valence-electron chi connectivity index (χ2n) is 6.13. The van der Waals surface area contributed by atoms with Gasteiger partial charge in [-0.1, -0.05) is 17.7 Å². The monoisotopic (exact) mass is 396 g/mol. The van der Waals surface area contributed by atoms with Crippen LogP contribution in [0.2, 0.25) is 5.02 Å². The smallest absolute Gasteiger partial charge is 0.244 e. The van der Waals surface area contributed by atoms with E-state index >= 15 is 0 Å². The van der Waals surface area contributed by atoms with Crippen LogP contribution >= 0.6 is 11.6 Å². The summed E-state index contributed by atoms with van der Waals surface area (Å²) in [7, 11) is -2.42. The SMILES string of the molecule is COc1ccc(Cl)cc1S(=O)(=O)N[C@@H](c1cccnc1)C1CCOCC1. The first-order chi connectivity index (χ1) is 12.5. The highest BCUT2D eigenvalue weighted by molar-refractivity contribution is 7.89. The molecule has 2 aromatic rings. The molecular weight excluding hydrogens is 376 g/mol. The van der Waals surface area contributed by atoms with E-state index < -0.39 is 16.1 Å². The number of pyridine rings is 1. The summed E-state index contributed by atoms with van der Waals surface area (Å²) < 4.78 is 39.6. The Balaban J connectivity index is 1.96. The molecule has 140 valence electrons. The molecule has 0 aliphatic carbocycles. The summed E-state index contributed by atoms with van der Waals surface area (Å²) in [4.78, 5) is 4.16. The van der Waals surface area contributed by atoms with Crippen LogP contribution in [0.3, 0.4) is 0 Å². The highest BCUT2D eigenvalue weighted by Gasteiger charge is 2.31. The minimum atomic E-state index is -3.85. The van der Waals surface area contributed by atoms with Crippen molar-refractivity contribution in [2.75, 3.05) is 20.3 Å². The number of methoxy groups -OCH3 is 1. The van der Waals surface area contributed by atoms with Crippen LogP contribution in [0.5, 0.6) is 5.75 Å².